The van der Waals surface area contributed by atoms with Crippen molar-refractivity contribution < 1.29 is 14.6 Å². The molecule has 19 heavy (non-hydrogen) atoms. The van der Waals surface area contributed by atoms with E-state index in [9.17, 15) is 9.90 Å². The number of rotatable bonds is 6. The number of ether oxygens (including phenoxy) is 1. The lowest BCUT2D eigenvalue weighted by molar-refractivity contribution is 0.0368. The SMILES string of the molecule is COc1ccc(C(=O)NCC(C)(O)CC(C)C)cc1. The molecule has 1 aromatic rings. The molecule has 1 amide bonds. The maximum absolute atomic E-state index is 11.9. The van der Waals surface area contributed by atoms with Gasteiger partial charge in [0, 0.05) is 12.1 Å². The standard InChI is InChI=1S/C15H23NO3/c1-11(2)9-15(3,18)10-16-14(17)12-5-7-13(19-4)8-6-12/h5-8,11,18H,9-10H2,1-4H3,(H,16,17). The molecule has 1 rings (SSSR count). The average Bonchev–Trinajstić information content (AvgIpc) is 2.34. The highest BCUT2D eigenvalue weighted by atomic mass is 16.5. The van der Waals surface area contributed by atoms with E-state index < -0.39 is 5.60 Å². The molecular weight excluding hydrogens is 242 g/mol. The van der Waals surface area contributed by atoms with E-state index in [4.69, 9.17) is 4.74 Å². The van der Waals surface area contributed by atoms with Crippen molar-refractivity contribution in [2.75, 3.05) is 13.7 Å². The summed E-state index contributed by atoms with van der Waals surface area (Å²) in [6, 6.07) is 6.87. The average molecular weight is 265 g/mol. The minimum Gasteiger partial charge on any atom is -0.497 e. The third-order valence-corrected chi connectivity index (χ3v) is 2.83. The second-order valence-electron chi connectivity index (χ2n) is 5.51. The minimum absolute atomic E-state index is 0.188. The van der Waals surface area contributed by atoms with Crippen LogP contribution in [0.2, 0.25) is 0 Å². The Morgan fingerprint density at radius 1 is 1.37 bits per heavy atom. The maximum atomic E-state index is 11.9. The highest BCUT2D eigenvalue weighted by molar-refractivity contribution is 5.94. The lowest BCUT2D eigenvalue weighted by Crippen LogP contribution is -2.41. The van der Waals surface area contributed by atoms with Crippen molar-refractivity contribution in [3.05, 3.63) is 29.8 Å². The Hall–Kier alpha value is -1.55. The first-order valence-corrected chi connectivity index (χ1v) is 6.49. The zero-order chi connectivity index (χ0) is 14.5. The molecule has 0 spiro atoms. The molecule has 0 aliphatic carbocycles. The Labute approximate surface area is 114 Å². The second-order valence-corrected chi connectivity index (χ2v) is 5.51. The fourth-order valence-electron chi connectivity index (χ4n) is 2.07. The third kappa shape index (κ3) is 5.30. The Kier molecular flexibility index (Phi) is 5.36. The van der Waals surface area contributed by atoms with Crippen LogP contribution in [-0.2, 0) is 0 Å². The molecule has 2 N–H and O–H groups in total. The molecule has 0 aliphatic heterocycles. The van der Waals surface area contributed by atoms with Gasteiger partial charge in [0.15, 0.2) is 0 Å². The first-order chi connectivity index (χ1) is 8.84. The number of hydrogen-bond donors (Lipinski definition) is 2. The molecule has 0 fully saturated rings. The van der Waals surface area contributed by atoms with Crippen molar-refractivity contribution in [1.29, 1.82) is 0 Å². The number of amides is 1. The minimum atomic E-state index is -0.879. The third-order valence-electron chi connectivity index (χ3n) is 2.83. The van der Waals surface area contributed by atoms with Crippen LogP contribution in [0.3, 0.4) is 0 Å². The van der Waals surface area contributed by atoms with Crippen LogP contribution in [0.25, 0.3) is 0 Å². The maximum Gasteiger partial charge on any atom is 0.251 e. The van der Waals surface area contributed by atoms with Crippen molar-refractivity contribution >= 4 is 5.91 Å². The summed E-state index contributed by atoms with van der Waals surface area (Å²) in [6.07, 6.45) is 0.649. The molecular formula is C15H23NO3. The van der Waals surface area contributed by atoms with E-state index in [1.165, 1.54) is 0 Å². The number of carbonyl (C=O) groups is 1. The van der Waals surface area contributed by atoms with Gasteiger partial charge in [0.05, 0.1) is 12.7 Å². The van der Waals surface area contributed by atoms with Crippen LogP contribution in [0, 0.1) is 5.92 Å². The van der Waals surface area contributed by atoms with E-state index in [1.54, 1.807) is 38.3 Å². The Morgan fingerprint density at radius 2 is 1.95 bits per heavy atom. The summed E-state index contributed by atoms with van der Waals surface area (Å²) < 4.78 is 5.04. The summed E-state index contributed by atoms with van der Waals surface area (Å²) in [6.45, 7) is 6.07. The van der Waals surface area contributed by atoms with Crippen molar-refractivity contribution in [3.8, 4) is 5.75 Å². The molecule has 0 heterocycles. The van der Waals surface area contributed by atoms with Crippen LogP contribution in [0.4, 0.5) is 0 Å². The normalized spacial score (nSPS) is 14.0. The molecule has 0 aromatic heterocycles. The molecule has 1 aromatic carbocycles. The highest BCUT2D eigenvalue weighted by Gasteiger charge is 2.22. The Morgan fingerprint density at radius 3 is 2.42 bits per heavy atom. The van der Waals surface area contributed by atoms with Crippen LogP contribution in [0.15, 0.2) is 24.3 Å². The van der Waals surface area contributed by atoms with Gasteiger partial charge < -0.3 is 15.2 Å². The van der Waals surface area contributed by atoms with Gasteiger partial charge in [0.1, 0.15) is 5.75 Å². The van der Waals surface area contributed by atoms with E-state index in [0.717, 1.165) is 0 Å². The lowest BCUT2D eigenvalue weighted by atomic mass is 9.94. The van der Waals surface area contributed by atoms with Crippen LogP contribution < -0.4 is 10.1 Å². The van der Waals surface area contributed by atoms with Crippen LogP contribution >= 0.6 is 0 Å². The molecule has 0 aliphatic rings. The molecule has 1 atom stereocenters. The van der Waals surface area contributed by atoms with E-state index in [-0.39, 0.29) is 12.5 Å². The summed E-state index contributed by atoms with van der Waals surface area (Å²) in [4.78, 5) is 11.9. The quantitative estimate of drug-likeness (QED) is 0.829. The predicted molar refractivity (Wildman–Crippen MR) is 75.4 cm³/mol. The van der Waals surface area contributed by atoms with E-state index in [1.807, 2.05) is 13.8 Å². The first kappa shape index (κ1) is 15.5. The monoisotopic (exact) mass is 265 g/mol. The number of methoxy groups -OCH3 is 1. The van der Waals surface area contributed by atoms with Crippen molar-refractivity contribution in [2.24, 2.45) is 5.92 Å². The fraction of sp³-hybridized carbons (Fsp3) is 0.533. The predicted octanol–water partition coefficient (Wildman–Crippen LogP) is 2.22. The summed E-state index contributed by atoms with van der Waals surface area (Å²) >= 11 is 0. The van der Waals surface area contributed by atoms with Gasteiger partial charge in [-0.1, -0.05) is 13.8 Å². The molecule has 0 radical (unpaired) electrons. The van der Waals surface area contributed by atoms with Crippen molar-refractivity contribution in [2.45, 2.75) is 32.8 Å². The lowest BCUT2D eigenvalue weighted by Gasteiger charge is -2.25. The van der Waals surface area contributed by atoms with E-state index >= 15 is 0 Å². The summed E-state index contributed by atoms with van der Waals surface area (Å²) in [5, 5.41) is 12.9. The van der Waals surface area contributed by atoms with Gasteiger partial charge in [-0.05, 0) is 43.5 Å². The van der Waals surface area contributed by atoms with Gasteiger partial charge >= 0.3 is 0 Å². The van der Waals surface area contributed by atoms with Gasteiger partial charge in [-0.25, -0.2) is 0 Å². The number of aliphatic hydroxyl groups is 1. The van der Waals surface area contributed by atoms with E-state index in [0.29, 0.717) is 23.7 Å². The molecule has 0 bridgehead atoms. The fourth-order valence-corrected chi connectivity index (χ4v) is 2.07. The largest absolute Gasteiger partial charge is 0.497 e. The van der Waals surface area contributed by atoms with Crippen LogP contribution in [0.1, 0.15) is 37.6 Å². The van der Waals surface area contributed by atoms with Gasteiger partial charge in [-0.15, -0.1) is 0 Å². The molecule has 4 heteroatoms. The number of nitrogens with one attached hydrogen (secondary N) is 1. The van der Waals surface area contributed by atoms with Crippen molar-refractivity contribution in [3.63, 3.8) is 0 Å². The smallest absolute Gasteiger partial charge is 0.251 e. The van der Waals surface area contributed by atoms with Crippen LogP contribution in [0.5, 0.6) is 5.75 Å². The summed E-state index contributed by atoms with van der Waals surface area (Å²) in [7, 11) is 1.58. The number of benzene rings is 1. The number of hydrogen-bond acceptors (Lipinski definition) is 3. The Bertz CT molecular complexity index is 410. The zero-order valence-electron chi connectivity index (χ0n) is 12.1. The summed E-state index contributed by atoms with van der Waals surface area (Å²) in [5.41, 5.74) is -0.322. The second kappa shape index (κ2) is 6.57. The topological polar surface area (TPSA) is 58.6 Å². The molecule has 106 valence electrons. The van der Waals surface area contributed by atoms with Gasteiger partial charge in [0.25, 0.3) is 5.91 Å². The molecule has 0 saturated carbocycles. The summed E-state index contributed by atoms with van der Waals surface area (Å²) in [5.74, 6) is 0.905. The van der Waals surface area contributed by atoms with Gasteiger partial charge in [0.2, 0.25) is 0 Å². The van der Waals surface area contributed by atoms with Crippen molar-refractivity contribution in [1.82, 2.24) is 5.32 Å². The first-order valence-electron chi connectivity index (χ1n) is 6.49. The molecule has 4 nitrogen and oxygen atoms in total. The zero-order valence-corrected chi connectivity index (χ0v) is 12.1. The van der Waals surface area contributed by atoms with Gasteiger partial charge in [-0.3, -0.25) is 4.79 Å². The van der Waals surface area contributed by atoms with Gasteiger partial charge in [-0.2, -0.15) is 0 Å². The molecule has 1 unspecified atom stereocenters. The number of carbonyl (C=O) groups excluding carboxylic acids is 1. The van der Waals surface area contributed by atoms with Crippen LogP contribution in [-0.4, -0.2) is 30.3 Å². The molecule has 0 saturated heterocycles. The highest BCUT2D eigenvalue weighted by Crippen LogP contribution is 2.16. The Balaban J connectivity index is 2.55. The van der Waals surface area contributed by atoms with E-state index in [2.05, 4.69) is 5.32 Å².